The van der Waals surface area contributed by atoms with Gasteiger partial charge in [0.05, 0.1) is 33.8 Å². The van der Waals surface area contributed by atoms with Crippen molar-refractivity contribution in [1.82, 2.24) is 5.32 Å². The molecule has 71 heavy (non-hydrogen) atoms. The van der Waals surface area contributed by atoms with Gasteiger partial charge in [0.1, 0.15) is 19.3 Å². The summed E-state index contributed by atoms with van der Waals surface area (Å²) in [6.45, 7) is 6.98. The number of likely N-dealkylation sites (N-methyl/N-ethyl adjacent to an activating group) is 1. The standard InChI is InChI=1S/C61H115N2O7P/c1-7-10-13-16-19-22-25-26-27-28-29-30-31-32-33-34-35-36-39-41-44-47-50-53-60(64)62-58(57-69-71(66,67)68-56-55-63(4,5)6)59(52-49-46-43-40-37-23-20-17-14-11-8-2)70-61(65)54-51-48-45-42-38-24-21-18-15-12-9-3/h19,22,26-27,29-30,49,52,58-59H,7-18,20-21,23-25,28,31-48,50-51,53-57H2,1-6H3,(H-,62,64,66,67)/p+1/b22-19-,27-26-,30-29-,52-49-. The molecule has 3 unspecified atom stereocenters. The van der Waals surface area contributed by atoms with Gasteiger partial charge in [0.15, 0.2) is 0 Å². The van der Waals surface area contributed by atoms with Crippen LogP contribution < -0.4 is 5.32 Å². The van der Waals surface area contributed by atoms with Crippen molar-refractivity contribution in [1.29, 1.82) is 0 Å². The van der Waals surface area contributed by atoms with Gasteiger partial charge in [0.2, 0.25) is 5.91 Å². The van der Waals surface area contributed by atoms with Crippen molar-refractivity contribution in [2.45, 2.75) is 290 Å². The molecule has 0 fully saturated rings. The minimum atomic E-state index is -4.44. The van der Waals surface area contributed by atoms with E-state index in [1.807, 2.05) is 33.3 Å². The molecule has 0 bridgehead atoms. The third-order valence-corrected chi connectivity index (χ3v) is 14.3. The number of carbonyl (C=O) groups is 2. The summed E-state index contributed by atoms with van der Waals surface area (Å²) >= 11 is 0. The van der Waals surface area contributed by atoms with E-state index in [-0.39, 0.29) is 25.1 Å². The number of quaternary nitrogens is 1. The highest BCUT2D eigenvalue weighted by Crippen LogP contribution is 2.43. The molecule has 3 atom stereocenters. The van der Waals surface area contributed by atoms with Crippen LogP contribution in [0.2, 0.25) is 0 Å². The van der Waals surface area contributed by atoms with Crippen LogP contribution >= 0.6 is 7.82 Å². The van der Waals surface area contributed by atoms with Gasteiger partial charge in [-0.1, -0.05) is 243 Å². The van der Waals surface area contributed by atoms with Gasteiger partial charge in [0, 0.05) is 12.8 Å². The van der Waals surface area contributed by atoms with Crippen LogP contribution in [0.1, 0.15) is 278 Å². The fourth-order valence-corrected chi connectivity index (χ4v) is 9.33. The second-order valence-corrected chi connectivity index (χ2v) is 23.0. The summed E-state index contributed by atoms with van der Waals surface area (Å²) in [5, 5.41) is 3.05. The Morgan fingerprint density at radius 3 is 1.31 bits per heavy atom. The first kappa shape index (κ1) is 69.0. The summed E-state index contributed by atoms with van der Waals surface area (Å²) in [5.41, 5.74) is 0. The average Bonchev–Trinajstić information content (AvgIpc) is 3.33. The van der Waals surface area contributed by atoms with Crippen LogP contribution in [0.15, 0.2) is 48.6 Å². The van der Waals surface area contributed by atoms with E-state index in [4.69, 9.17) is 13.8 Å². The van der Waals surface area contributed by atoms with Crippen molar-refractivity contribution in [3.05, 3.63) is 48.6 Å². The Hall–Kier alpha value is -2.03. The molecule has 0 radical (unpaired) electrons. The lowest BCUT2D eigenvalue weighted by atomic mass is 10.0. The van der Waals surface area contributed by atoms with Gasteiger partial charge in [0.25, 0.3) is 0 Å². The van der Waals surface area contributed by atoms with E-state index < -0.39 is 20.0 Å². The number of rotatable bonds is 54. The van der Waals surface area contributed by atoms with Gasteiger partial charge in [-0.2, -0.15) is 0 Å². The summed E-state index contributed by atoms with van der Waals surface area (Å²) in [4.78, 5) is 37.5. The number of phosphoric acid groups is 1. The number of nitrogens with one attached hydrogen (secondary N) is 1. The predicted octanol–water partition coefficient (Wildman–Crippen LogP) is 18.1. The molecule has 9 nitrogen and oxygen atoms in total. The minimum absolute atomic E-state index is 0.0403. The molecular weight excluding hydrogens is 904 g/mol. The molecule has 1 amide bonds. The Bertz CT molecular complexity index is 1360. The van der Waals surface area contributed by atoms with Crippen molar-refractivity contribution in [3.8, 4) is 0 Å². The summed E-state index contributed by atoms with van der Waals surface area (Å²) in [6.07, 6.45) is 62.5. The predicted molar refractivity (Wildman–Crippen MR) is 305 cm³/mol. The highest BCUT2D eigenvalue weighted by molar-refractivity contribution is 7.47. The van der Waals surface area contributed by atoms with Crippen molar-refractivity contribution in [3.63, 3.8) is 0 Å². The van der Waals surface area contributed by atoms with Crippen molar-refractivity contribution in [2.24, 2.45) is 0 Å². The van der Waals surface area contributed by atoms with E-state index in [1.165, 1.54) is 173 Å². The molecule has 0 spiro atoms. The van der Waals surface area contributed by atoms with Gasteiger partial charge >= 0.3 is 13.8 Å². The van der Waals surface area contributed by atoms with Crippen molar-refractivity contribution in [2.75, 3.05) is 40.9 Å². The van der Waals surface area contributed by atoms with Crippen LogP contribution in [0, 0.1) is 0 Å². The zero-order valence-electron chi connectivity index (χ0n) is 47.5. The third kappa shape index (κ3) is 52.6. The minimum Gasteiger partial charge on any atom is -0.456 e. The topological polar surface area (TPSA) is 111 Å². The number of nitrogens with zero attached hydrogens (tertiary/aromatic N) is 1. The number of unbranched alkanes of at least 4 members (excludes halogenated alkanes) is 32. The summed E-state index contributed by atoms with van der Waals surface area (Å²) in [5.74, 6) is -0.504. The molecule has 0 aliphatic carbocycles. The number of phosphoric ester groups is 1. The summed E-state index contributed by atoms with van der Waals surface area (Å²) in [6, 6.07) is -0.846. The number of hydrogen-bond donors (Lipinski definition) is 2. The van der Waals surface area contributed by atoms with Crippen LogP contribution in [0.3, 0.4) is 0 Å². The molecule has 0 rings (SSSR count). The van der Waals surface area contributed by atoms with Gasteiger partial charge in [-0.3, -0.25) is 18.6 Å². The maximum Gasteiger partial charge on any atom is 0.472 e. The maximum absolute atomic E-state index is 13.5. The number of esters is 1. The Morgan fingerprint density at radius 1 is 0.493 bits per heavy atom. The molecule has 0 aromatic carbocycles. The van der Waals surface area contributed by atoms with Crippen LogP contribution in [0.25, 0.3) is 0 Å². The third-order valence-electron chi connectivity index (χ3n) is 13.3. The molecule has 0 aliphatic heterocycles. The highest BCUT2D eigenvalue weighted by atomic mass is 31.2. The van der Waals surface area contributed by atoms with E-state index in [1.54, 1.807) is 0 Å². The molecule has 0 heterocycles. The molecule has 0 saturated carbocycles. The van der Waals surface area contributed by atoms with Gasteiger partial charge in [-0.25, -0.2) is 4.57 Å². The van der Waals surface area contributed by atoms with Crippen molar-refractivity contribution >= 4 is 19.7 Å². The normalized spacial score (nSPS) is 14.1. The van der Waals surface area contributed by atoms with Crippen molar-refractivity contribution < 1.29 is 37.3 Å². The zero-order chi connectivity index (χ0) is 52.2. The fraction of sp³-hybridized carbons (Fsp3) is 0.836. The highest BCUT2D eigenvalue weighted by Gasteiger charge is 2.30. The lowest BCUT2D eigenvalue weighted by molar-refractivity contribution is -0.870. The van der Waals surface area contributed by atoms with Gasteiger partial charge in [-0.15, -0.1) is 0 Å². The Morgan fingerprint density at radius 2 is 0.859 bits per heavy atom. The van der Waals surface area contributed by atoms with Gasteiger partial charge in [-0.05, 0) is 70.3 Å². The molecule has 0 aliphatic rings. The van der Waals surface area contributed by atoms with E-state index in [0.29, 0.717) is 23.9 Å². The van der Waals surface area contributed by atoms with Crippen LogP contribution in [0.4, 0.5) is 0 Å². The van der Waals surface area contributed by atoms with E-state index >= 15 is 0 Å². The number of carbonyl (C=O) groups excluding carboxylic acids is 2. The first-order valence-corrected chi connectivity index (χ1v) is 31.5. The Labute approximate surface area is 439 Å². The molecule has 0 aromatic heterocycles. The van der Waals surface area contributed by atoms with Crippen LogP contribution in [0.5, 0.6) is 0 Å². The van der Waals surface area contributed by atoms with Crippen LogP contribution in [-0.4, -0.2) is 74.3 Å². The average molecular weight is 1020 g/mol. The molecule has 0 saturated heterocycles. The number of allylic oxidation sites excluding steroid dienone is 7. The zero-order valence-corrected chi connectivity index (χ0v) is 48.4. The molecule has 416 valence electrons. The fourth-order valence-electron chi connectivity index (χ4n) is 8.59. The monoisotopic (exact) mass is 1020 g/mol. The van der Waals surface area contributed by atoms with E-state index in [9.17, 15) is 19.0 Å². The first-order chi connectivity index (χ1) is 34.4. The smallest absolute Gasteiger partial charge is 0.456 e. The lowest BCUT2D eigenvalue weighted by Crippen LogP contribution is -2.47. The number of amides is 1. The number of ether oxygens (including phenoxy) is 1. The second-order valence-electron chi connectivity index (χ2n) is 21.5. The molecule has 0 aromatic rings. The Kier molecular flexibility index (Phi) is 50.0. The SMILES string of the molecule is CCCCC/C=C\C/C=C\C/C=C\CCCCCCCCCCCCC(=O)NC(COP(=O)(O)OCC[N+](C)(C)C)C(/C=C\CCCCCCCCCCC)OC(=O)CCCCCCCCCCCCC. The molecule has 2 N–H and O–H groups in total. The maximum atomic E-state index is 13.5. The number of hydrogen-bond acceptors (Lipinski definition) is 6. The van der Waals surface area contributed by atoms with E-state index in [0.717, 1.165) is 70.6 Å². The van der Waals surface area contributed by atoms with E-state index in [2.05, 4.69) is 62.5 Å². The molecular formula is C61H116N2O7P+. The first-order valence-electron chi connectivity index (χ1n) is 30.0. The second kappa shape index (κ2) is 51.5. The summed E-state index contributed by atoms with van der Waals surface area (Å²) < 4.78 is 30.6. The van der Waals surface area contributed by atoms with Crippen LogP contribution in [-0.2, 0) is 27.9 Å². The summed E-state index contributed by atoms with van der Waals surface area (Å²) in [7, 11) is 1.50. The van der Waals surface area contributed by atoms with Gasteiger partial charge < -0.3 is 19.4 Å². The Balaban J connectivity index is 5.13. The quantitative estimate of drug-likeness (QED) is 0.0205. The largest absolute Gasteiger partial charge is 0.472 e. The molecule has 10 heteroatoms. The lowest BCUT2D eigenvalue weighted by Gasteiger charge is -2.27.